The summed E-state index contributed by atoms with van der Waals surface area (Å²) in [5.74, 6) is 1.03. The Morgan fingerprint density at radius 1 is 1.03 bits per heavy atom. The summed E-state index contributed by atoms with van der Waals surface area (Å²) in [6.07, 6.45) is 1.80. The summed E-state index contributed by atoms with van der Waals surface area (Å²) in [5.41, 5.74) is 6.77. The van der Waals surface area contributed by atoms with Crippen molar-refractivity contribution in [3.05, 3.63) is 97.6 Å². The maximum Gasteiger partial charge on any atom is 0.269 e. The van der Waals surface area contributed by atoms with E-state index in [1.54, 1.807) is 12.1 Å². The molecule has 3 rings (SSSR count). The van der Waals surface area contributed by atoms with Gasteiger partial charge in [0.15, 0.2) is 6.29 Å². The molecule has 0 unspecified atom stereocenters. The summed E-state index contributed by atoms with van der Waals surface area (Å²) in [6, 6.07) is 14.4. The van der Waals surface area contributed by atoms with Crippen LogP contribution >= 0.6 is 0 Å². The number of nitro groups is 1. The van der Waals surface area contributed by atoms with Gasteiger partial charge in [0, 0.05) is 18.6 Å². The molecule has 1 N–H and O–H groups in total. The van der Waals surface area contributed by atoms with E-state index in [2.05, 4.69) is 0 Å². The van der Waals surface area contributed by atoms with Crippen LogP contribution in [0.4, 0.5) is 5.69 Å². The smallest absolute Gasteiger partial charge is 0.269 e. The fourth-order valence-electron chi connectivity index (χ4n) is 4.11. The fourth-order valence-corrected chi connectivity index (χ4v) is 4.11. The van der Waals surface area contributed by atoms with Crippen molar-refractivity contribution in [2.45, 2.75) is 46.5 Å². The third kappa shape index (κ3) is 5.77. The molecular weight excluding hydrogens is 418 g/mol. The normalized spacial score (nSPS) is 10.9. The van der Waals surface area contributed by atoms with Gasteiger partial charge in [-0.15, -0.1) is 0 Å². The summed E-state index contributed by atoms with van der Waals surface area (Å²) in [7, 11) is 0. The van der Waals surface area contributed by atoms with Crippen LogP contribution in [0.3, 0.4) is 0 Å². The van der Waals surface area contributed by atoms with Gasteiger partial charge >= 0.3 is 0 Å². The average Bonchev–Trinajstić information content (AvgIpc) is 2.76. The Bertz CT molecular complexity index is 1160. The lowest BCUT2D eigenvalue weighted by molar-refractivity contribution is -0.384. The van der Waals surface area contributed by atoms with Crippen LogP contribution in [-0.4, -0.2) is 22.9 Å². The van der Waals surface area contributed by atoms with Crippen LogP contribution in [0.15, 0.2) is 48.5 Å². The highest BCUT2D eigenvalue weighted by atomic mass is 16.6. The third-order valence-electron chi connectivity index (χ3n) is 5.78. The van der Waals surface area contributed by atoms with E-state index in [1.807, 2.05) is 58.0 Å². The second kappa shape index (κ2) is 10.3. The van der Waals surface area contributed by atoms with E-state index < -0.39 is 4.92 Å². The zero-order valence-electron chi connectivity index (χ0n) is 19.4. The van der Waals surface area contributed by atoms with Crippen molar-refractivity contribution in [3.63, 3.8) is 0 Å². The van der Waals surface area contributed by atoms with E-state index in [0.717, 1.165) is 45.2 Å². The maximum absolute atomic E-state index is 11.1. The molecular formula is C27H29NO5. The average molecular weight is 448 g/mol. The highest BCUT2D eigenvalue weighted by Crippen LogP contribution is 2.34. The van der Waals surface area contributed by atoms with Crippen LogP contribution in [-0.2, 0) is 17.6 Å². The first kappa shape index (κ1) is 24.0. The number of non-ortho nitro benzene ring substituents is 1. The monoisotopic (exact) mass is 447 g/mol. The van der Waals surface area contributed by atoms with Gasteiger partial charge in [0.05, 0.1) is 4.92 Å². The minimum Gasteiger partial charge on any atom is -0.507 e. The first-order valence-corrected chi connectivity index (χ1v) is 10.9. The van der Waals surface area contributed by atoms with E-state index in [4.69, 9.17) is 4.74 Å². The number of phenols is 1. The number of rotatable bonds is 9. The van der Waals surface area contributed by atoms with Gasteiger partial charge in [-0.25, -0.2) is 0 Å². The number of aromatic hydroxyl groups is 1. The predicted molar refractivity (Wildman–Crippen MR) is 128 cm³/mol. The Kier molecular flexibility index (Phi) is 7.48. The molecule has 0 amide bonds. The molecule has 3 aromatic rings. The van der Waals surface area contributed by atoms with E-state index in [0.29, 0.717) is 18.6 Å². The Hall–Kier alpha value is -3.67. The summed E-state index contributed by atoms with van der Waals surface area (Å²) in [4.78, 5) is 21.3. The molecule has 172 valence electrons. The van der Waals surface area contributed by atoms with Gasteiger partial charge in [0.25, 0.3) is 5.69 Å². The molecule has 6 nitrogen and oxygen atoms in total. The molecule has 6 heteroatoms. The second-order valence-corrected chi connectivity index (χ2v) is 8.64. The number of phenolic OH excluding ortho intramolecular Hbond substituents is 1. The summed E-state index contributed by atoms with van der Waals surface area (Å²) in [5, 5.41) is 22.1. The molecule has 0 saturated carbocycles. The Morgan fingerprint density at radius 3 is 2.33 bits per heavy atom. The van der Waals surface area contributed by atoms with Gasteiger partial charge in [0.2, 0.25) is 0 Å². The lowest BCUT2D eigenvalue weighted by Gasteiger charge is -2.18. The number of aldehydes is 1. The third-order valence-corrected chi connectivity index (χ3v) is 5.78. The molecule has 0 heterocycles. The van der Waals surface area contributed by atoms with Gasteiger partial charge in [0.1, 0.15) is 18.1 Å². The Morgan fingerprint density at radius 2 is 1.73 bits per heavy atom. The first-order chi connectivity index (χ1) is 15.7. The molecule has 0 radical (unpaired) electrons. The van der Waals surface area contributed by atoms with E-state index in [1.165, 1.54) is 6.07 Å². The van der Waals surface area contributed by atoms with Gasteiger partial charge in [-0.05, 0) is 77.3 Å². The molecule has 0 spiro atoms. The number of ether oxygens (including phenoxy) is 1. The molecule has 0 bridgehead atoms. The summed E-state index contributed by atoms with van der Waals surface area (Å²) >= 11 is 0. The molecule has 0 aliphatic carbocycles. The molecule has 0 aromatic heterocycles. The molecule has 3 aromatic carbocycles. The van der Waals surface area contributed by atoms with Crippen LogP contribution in [0.25, 0.3) is 0 Å². The zero-order chi connectivity index (χ0) is 24.1. The molecule has 0 aliphatic heterocycles. The van der Waals surface area contributed by atoms with Gasteiger partial charge in [-0.2, -0.15) is 0 Å². The topological polar surface area (TPSA) is 89.7 Å². The van der Waals surface area contributed by atoms with Crippen LogP contribution in [0.5, 0.6) is 11.5 Å². The number of nitro benzene ring substituents is 1. The second-order valence-electron chi connectivity index (χ2n) is 8.64. The van der Waals surface area contributed by atoms with Crippen molar-refractivity contribution in [1.82, 2.24) is 0 Å². The molecule has 0 fully saturated rings. The van der Waals surface area contributed by atoms with Crippen molar-refractivity contribution in [2.24, 2.45) is 0 Å². The predicted octanol–water partition coefficient (Wildman–Crippen LogP) is 5.80. The van der Waals surface area contributed by atoms with Crippen molar-refractivity contribution in [1.29, 1.82) is 0 Å². The van der Waals surface area contributed by atoms with Crippen molar-refractivity contribution in [2.75, 3.05) is 6.61 Å². The Balaban J connectivity index is 1.98. The van der Waals surface area contributed by atoms with Crippen LogP contribution < -0.4 is 4.74 Å². The number of hydrogen-bond donors (Lipinski definition) is 1. The molecule has 0 saturated heterocycles. The zero-order valence-corrected chi connectivity index (χ0v) is 19.4. The highest BCUT2D eigenvalue weighted by Gasteiger charge is 2.16. The number of carbonyl (C=O) groups is 1. The lowest BCUT2D eigenvalue weighted by Crippen LogP contribution is -2.03. The highest BCUT2D eigenvalue weighted by molar-refractivity contribution is 5.53. The number of benzene rings is 3. The van der Waals surface area contributed by atoms with Crippen LogP contribution in [0.2, 0.25) is 0 Å². The van der Waals surface area contributed by atoms with E-state index in [9.17, 15) is 20.0 Å². The standard InChI is InChI=1S/C27H29NO5/c1-17(2)25-15-21(16-26-18(3)10-24(11-19(26)4)33-9-8-29)13-22(27(25)30)12-20-6-5-7-23(14-20)28(31)32/h5-8,10-11,13-15,17,30H,9,12,16H2,1-4H3. The molecule has 33 heavy (non-hydrogen) atoms. The Labute approximate surface area is 194 Å². The fraction of sp³-hybridized carbons (Fsp3) is 0.296. The van der Waals surface area contributed by atoms with E-state index in [-0.39, 0.29) is 24.0 Å². The lowest BCUT2D eigenvalue weighted by atomic mass is 9.89. The quantitative estimate of drug-likeness (QED) is 0.254. The van der Waals surface area contributed by atoms with Crippen LogP contribution in [0.1, 0.15) is 58.7 Å². The van der Waals surface area contributed by atoms with Crippen molar-refractivity contribution < 1.29 is 19.6 Å². The minimum atomic E-state index is -0.409. The van der Waals surface area contributed by atoms with Gasteiger partial charge < -0.3 is 9.84 Å². The SMILES string of the molecule is Cc1cc(OCC=O)cc(C)c1Cc1cc(Cc2cccc([N+](=O)[O-])c2)c(O)c(C(C)C)c1. The number of hydrogen-bond acceptors (Lipinski definition) is 5. The van der Waals surface area contributed by atoms with Crippen molar-refractivity contribution >= 4 is 12.0 Å². The maximum atomic E-state index is 11.1. The molecule has 0 atom stereocenters. The number of aryl methyl sites for hydroxylation is 2. The number of carbonyl (C=O) groups excluding carboxylic acids is 1. The molecule has 0 aliphatic rings. The van der Waals surface area contributed by atoms with Crippen molar-refractivity contribution in [3.8, 4) is 11.5 Å². The van der Waals surface area contributed by atoms with Crippen LogP contribution in [0, 0.1) is 24.0 Å². The minimum absolute atomic E-state index is 0.0228. The summed E-state index contributed by atoms with van der Waals surface area (Å²) < 4.78 is 5.45. The largest absolute Gasteiger partial charge is 0.507 e. The summed E-state index contributed by atoms with van der Waals surface area (Å²) in [6.45, 7) is 8.12. The van der Waals surface area contributed by atoms with Gasteiger partial charge in [-0.3, -0.25) is 14.9 Å². The van der Waals surface area contributed by atoms with E-state index >= 15 is 0 Å². The van der Waals surface area contributed by atoms with Gasteiger partial charge in [-0.1, -0.05) is 38.1 Å². The first-order valence-electron chi connectivity index (χ1n) is 10.9. The number of nitrogens with zero attached hydrogens (tertiary/aromatic N) is 1.